The second-order valence-electron chi connectivity index (χ2n) is 5.82. The van der Waals surface area contributed by atoms with Crippen molar-refractivity contribution in [3.05, 3.63) is 58.6 Å². The number of ether oxygens (including phenoxy) is 2. The third-order valence-corrected chi connectivity index (χ3v) is 4.25. The van der Waals surface area contributed by atoms with Crippen molar-refractivity contribution in [2.75, 3.05) is 13.2 Å². The fraction of sp³-hybridized carbons (Fsp3) is 0.316. The minimum absolute atomic E-state index is 0.0207. The van der Waals surface area contributed by atoms with Gasteiger partial charge in [-0.2, -0.15) is 0 Å². The van der Waals surface area contributed by atoms with Crippen LogP contribution in [0, 0.1) is 0 Å². The van der Waals surface area contributed by atoms with Crippen LogP contribution in [0.5, 0.6) is 11.5 Å². The van der Waals surface area contributed by atoms with E-state index in [1.165, 1.54) is 0 Å². The van der Waals surface area contributed by atoms with Gasteiger partial charge in [0, 0.05) is 11.4 Å². The highest BCUT2D eigenvalue weighted by Gasteiger charge is 2.15. The zero-order valence-corrected chi connectivity index (χ0v) is 14.3. The molecule has 2 aromatic carbocycles. The molecule has 0 fully saturated rings. The molecule has 126 valence electrons. The fourth-order valence-electron chi connectivity index (χ4n) is 2.64. The smallest absolute Gasteiger partial charge is 0.220 e. The molecule has 5 heteroatoms. The van der Waals surface area contributed by atoms with Crippen molar-refractivity contribution in [3.63, 3.8) is 0 Å². The maximum absolute atomic E-state index is 12.2. The molecule has 0 saturated heterocycles. The van der Waals surface area contributed by atoms with Gasteiger partial charge in [0.15, 0.2) is 11.5 Å². The van der Waals surface area contributed by atoms with Crippen molar-refractivity contribution in [2.45, 2.75) is 25.8 Å². The number of carbonyl (C=O) groups excluding carboxylic acids is 1. The Morgan fingerprint density at radius 2 is 1.83 bits per heavy atom. The minimum atomic E-state index is -0.0847. The molecule has 2 aromatic rings. The summed E-state index contributed by atoms with van der Waals surface area (Å²) in [6, 6.07) is 13.3. The van der Waals surface area contributed by atoms with Crippen molar-refractivity contribution in [3.8, 4) is 11.5 Å². The molecule has 3 rings (SSSR count). The molecule has 0 spiro atoms. The Morgan fingerprint density at radius 1 is 1.12 bits per heavy atom. The molecule has 1 amide bonds. The van der Waals surface area contributed by atoms with Gasteiger partial charge in [0.25, 0.3) is 0 Å². The summed E-state index contributed by atoms with van der Waals surface area (Å²) in [4.78, 5) is 12.2. The Morgan fingerprint density at radius 3 is 2.58 bits per heavy atom. The van der Waals surface area contributed by atoms with E-state index in [4.69, 9.17) is 21.1 Å². The standard InChI is InChI=1S/C19H20ClNO3/c1-13(15-5-8-17-18(12-15)24-11-10-23-17)21-19(22)9-4-14-2-6-16(20)7-3-14/h2-3,5-8,12-13H,4,9-11H2,1H3,(H,21,22)/t13-/m0/s1. The van der Waals surface area contributed by atoms with Gasteiger partial charge >= 0.3 is 0 Å². The number of benzene rings is 2. The molecule has 1 aliphatic heterocycles. The second-order valence-corrected chi connectivity index (χ2v) is 6.26. The maximum atomic E-state index is 12.2. The zero-order valence-electron chi connectivity index (χ0n) is 13.5. The van der Waals surface area contributed by atoms with E-state index in [1.54, 1.807) is 0 Å². The minimum Gasteiger partial charge on any atom is -0.486 e. The number of halogens is 1. The average molecular weight is 346 g/mol. The first kappa shape index (κ1) is 16.7. The highest BCUT2D eigenvalue weighted by Crippen LogP contribution is 2.32. The van der Waals surface area contributed by atoms with Crippen molar-refractivity contribution in [1.29, 1.82) is 0 Å². The highest BCUT2D eigenvalue weighted by molar-refractivity contribution is 6.30. The quantitative estimate of drug-likeness (QED) is 0.893. The maximum Gasteiger partial charge on any atom is 0.220 e. The Labute approximate surface area is 146 Å². The average Bonchev–Trinajstić information content (AvgIpc) is 2.61. The predicted molar refractivity (Wildman–Crippen MR) is 93.8 cm³/mol. The van der Waals surface area contributed by atoms with E-state index in [1.807, 2.05) is 49.4 Å². The van der Waals surface area contributed by atoms with E-state index < -0.39 is 0 Å². The Bertz CT molecular complexity index is 715. The van der Waals surface area contributed by atoms with Crippen molar-refractivity contribution >= 4 is 17.5 Å². The van der Waals surface area contributed by atoms with Crippen molar-refractivity contribution in [2.24, 2.45) is 0 Å². The van der Waals surface area contributed by atoms with Crippen molar-refractivity contribution in [1.82, 2.24) is 5.32 Å². The third kappa shape index (κ3) is 4.20. The lowest BCUT2D eigenvalue weighted by Gasteiger charge is -2.21. The number of rotatable bonds is 5. The number of nitrogens with one attached hydrogen (secondary N) is 1. The predicted octanol–water partition coefficient (Wildman–Crippen LogP) is 3.92. The fourth-order valence-corrected chi connectivity index (χ4v) is 2.76. The van der Waals surface area contributed by atoms with Gasteiger partial charge in [0.1, 0.15) is 13.2 Å². The van der Waals surface area contributed by atoms with E-state index in [0.717, 1.165) is 22.6 Å². The summed E-state index contributed by atoms with van der Waals surface area (Å²) in [5.74, 6) is 1.51. The first-order valence-corrected chi connectivity index (χ1v) is 8.43. The summed E-state index contributed by atoms with van der Waals surface area (Å²) < 4.78 is 11.1. The molecule has 0 bridgehead atoms. The normalized spacial score (nSPS) is 14.1. The molecule has 1 heterocycles. The van der Waals surface area contributed by atoms with Crippen LogP contribution in [0.25, 0.3) is 0 Å². The molecule has 0 radical (unpaired) electrons. The van der Waals surface area contributed by atoms with Crippen LogP contribution >= 0.6 is 11.6 Å². The van der Waals surface area contributed by atoms with Crippen molar-refractivity contribution < 1.29 is 14.3 Å². The molecule has 0 aromatic heterocycles. The van der Waals surface area contributed by atoms with Crippen LogP contribution < -0.4 is 14.8 Å². The Kier molecular flexibility index (Phi) is 5.26. The topological polar surface area (TPSA) is 47.6 Å². The lowest BCUT2D eigenvalue weighted by Crippen LogP contribution is -2.27. The number of carbonyl (C=O) groups is 1. The summed E-state index contributed by atoms with van der Waals surface area (Å²) in [6.45, 7) is 3.09. The second kappa shape index (κ2) is 7.58. The number of fused-ring (bicyclic) bond motifs is 1. The number of amides is 1. The van der Waals surface area contributed by atoms with E-state index in [0.29, 0.717) is 31.1 Å². The van der Waals surface area contributed by atoms with Gasteiger partial charge in [-0.15, -0.1) is 0 Å². The Balaban J connectivity index is 1.55. The van der Waals surface area contributed by atoms with Crippen LogP contribution in [0.15, 0.2) is 42.5 Å². The molecule has 0 unspecified atom stereocenters. The van der Waals surface area contributed by atoms with E-state index in [2.05, 4.69) is 5.32 Å². The first-order valence-electron chi connectivity index (χ1n) is 8.05. The highest BCUT2D eigenvalue weighted by atomic mass is 35.5. The SMILES string of the molecule is C[C@H](NC(=O)CCc1ccc(Cl)cc1)c1ccc2c(c1)OCCO2. The molecular weight excluding hydrogens is 326 g/mol. The van der Waals surface area contributed by atoms with Gasteiger partial charge in [-0.1, -0.05) is 29.8 Å². The third-order valence-electron chi connectivity index (χ3n) is 4.00. The summed E-state index contributed by atoms with van der Waals surface area (Å²) in [5.41, 5.74) is 2.10. The van der Waals surface area contributed by atoms with Gasteiger partial charge in [0.2, 0.25) is 5.91 Å². The molecule has 0 aliphatic carbocycles. The summed E-state index contributed by atoms with van der Waals surface area (Å²) in [5, 5.41) is 3.73. The molecular formula is C19H20ClNO3. The number of hydrogen-bond donors (Lipinski definition) is 1. The largest absolute Gasteiger partial charge is 0.486 e. The first-order chi connectivity index (χ1) is 11.6. The van der Waals surface area contributed by atoms with Gasteiger partial charge in [0.05, 0.1) is 6.04 Å². The molecule has 4 nitrogen and oxygen atoms in total. The number of aryl methyl sites for hydroxylation is 1. The van der Waals surface area contributed by atoms with Crippen LogP contribution in [0.4, 0.5) is 0 Å². The van der Waals surface area contributed by atoms with Crippen LogP contribution in [0.2, 0.25) is 5.02 Å². The van der Waals surface area contributed by atoms with Gasteiger partial charge in [-0.05, 0) is 48.7 Å². The monoisotopic (exact) mass is 345 g/mol. The summed E-state index contributed by atoms with van der Waals surface area (Å²) >= 11 is 5.86. The zero-order chi connectivity index (χ0) is 16.9. The molecule has 24 heavy (non-hydrogen) atoms. The van der Waals surface area contributed by atoms with Crippen LogP contribution in [0.1, 0.15) is 30.5 Å². The van der Waals surface area contributed by atoms with E-state index >= 15 is 0 Å². The van der Waals surface area contributed by atoms with Gasteiger partial charge in [-0.25, -0.2) is 0 Å². The van der Waals surface area contributed by atoms with E-state index in [9.17, 15) is 4.79 Å². The molecule has 1 atom stereocenters. The van der Waals surface area contributed by atoms with Crippen LogP contribution in [-0.4, -0.2) is 19.1 Å². The lowest BCUT2D eigenvalue weighted by molar-refractivity contribution is -0.121. The lowest BCUT2D eigenvalue weighted by atomic mass is 10.1. The van der Waals surface area contributed by atoms with E-state index in [-0.39, 0.29) is 11.9 Å². The Hall–Kier alpha value is -2.20. The summed E-state index contributed by atoms with van der Waals surface area (Å²) in [7, 11) is 0. The van der Waals surface area contributed by atoms with Crippen LogP contribution in [0.3, 0.4) is 0 Å². The molecule has 1 N–H and O–H groups in total. The van der Waals surface area contributed by atoms with Gasteiger partial charge in [-0.3, -0.25) is 4.79 Å². The number of hydrogen-bond acceptors (Lipinski definition) is 3. The molecule has 0 saturated carbocycles. The summed E-state index contributed by atoms with van der Waals surface area (Å²) in [6.07, 6.45) is 1.13. The van der Waals surface area contributed by atoms with Crippen LogP contribution in [-0.2, 0) is 11.2 Å². The molecule has 1 aliphatic rings. The van der Waals surface area contributed by atoms with Gasteiger partial charge < -0.3 is 14.8 Å².